The SMILES string of the molecule is CCN=C1S/C(=C\c2cccn2-c2ccc3ccccc3c2)C(=O)N1CC. The van der Waals surface area contributed by atoms with Crippen molar-refractivity contribution in [1.29, 1.82) is 0 Å². The lowest BCUT2D eigenvalue weighted by atomic mass is 10.1. The number of amidine groups is 1. The molecule has 0 N–H and O–H groups in total. The molecule has 136 valence electrons. The molecular weight excluding hydrogens is 354 g/mol. The van der Waals surface area contributed by atoms with E-state index >= 15 is 0 Å². The summed E-state index contributed by atoms with van der Waals surface area (Å²) in [6.45, 7) is 5.27. The van der Waals surface area contributed by atoms with Gasteiger partial charge in [-0.1, -0.05) is 30.3 Å². The number of hydrogen-bond donors (Lipinski definition) is 0. The summed E-state index contributed by atoms with van der Waals surface area (Å²) in [5.41, 5.74) is 2.06. The van der Waals surface area contributed by atoms with E-state index in [1.54, 1.807) is 4.90 Å². The first-order valence-electron chi connectivity index (χ1n) is 9.13. The van der Waals surface area contributed by atoms with Gasteiger partial charge in [0.25, 0.3) is 5.91 Å². The molecule has 1 fully saturated rings. The third kappa shape index (κ3) is 3.30. The Kier molecular flexibility index (Phi) is 4.86. The first kappa shape index (κ1) is 17.6. The second-order valence-corrected chi connectivity index (χ2v) is 7.26. The Labute approximate surface area is 163 Å². The van der Waals surface area contributed by atoms with E-state index in [2.05, 4.69) is 39.9 Å². The number of rotatable bonds is 4. The number of amides is 1. The van der Waals surface area contributed by atoms with Crippen molar-refractivity contribution < 1.29 is 4.79 Å². The van der Waals surface area contributed by atoms with Crippen LogP contribution in [0.2, 0.25) is 0 Å². The normalized spacial score (nSPS) is 17.6. The molecule has 1 amide bonds. The van der Waals surface area contributed by atoms with Crippen molar-refractivity contribution in [3.05, 3.63) is 71.4 Å². The van der Waals surface area contributed by atoms with E-state index in [0.717, 1.165) is 16.5 Å². The van der Waals surface area contributed by atoms with Crippen molar-refractivity contribution in [3.8, 4) is 5.69 Å². The van der Waals surface area contributed by atoms with Crippen molar-refractivity contribution in [2.45, 2.75) is 13.8 Å². The first-order valence-corrected chi connectivity index (χ1v) is 9.95. The minimum atomic E-state index is 0.0287. The van der Waals surface area contributed by atoms with Crippen LogP contribution in [0.25, 0.3) is 22.5 Å². The minimum Gasteiger partial charge on any atom is -0.317 e. The number of carbonyl (C=O) groups is 1. The van der Waals surface area contributed by atoms with E-state index in [1.807, 2.05) is 50.4 Å². The molecule has 0 unspecified atom stereocenters. The van der Waals surface area contributed by atoms with E-state index in [4.69, 9.17) is 0 Å². The van der Waals surface area contributed by atoms with Crippen LogP contribution in [0.5, 0.6) is 0 Å². The molecule has 4 rings (SSSR count). The Bertz CT molecular complexity index is 1060. The van der Waals surface area contributed by atoms with Crippen LogP contribution in [0.1, 0.15) is 19.5 Å². The zero-order chi connectivity index (χ0) is 18.8. The van der Waals surface area contributed by atoms with Crippen LogP contribution < -0.4 is 0 Å². The predicted molar refractivity (Wildman–Crippen MR) is 114 cm³/mol. The van der Waals surface area contributed by atoms with E-state index in [-0.39, 0.29) is 5.91 Å². The number of thioether (sulfide) groups is 1. The molecule has 1 saturated heterocycles. The molecule has 1 aliphatic heterocycles. The lowest BCUT2D eigenvalue weighted by Crippen LogP contribution is -2.28. The number of aromatic nitrogens is 1. The van der Waals surface area contributed by atoms with Gasteiger partial charge < -0.3 is 4.57 Å². The fourth-order valence-corrected chi connectivity index (χ4v) is 4.34. The van der Waals surface area contributed by atoms with Gasteiger partial charge in [0.2, 0.25) is 0 Å². The minimum absolute atomic E-state index is 0.0287. The Morgan fingerprint density at radius 3 is 2.63 bits per heavy atom. The summed E-state index contributed by atoms with van der Waals surface area (Å²) >= 11 is 1.45. The van der Waals surface area contributed by atoms with Crippen molar-refractivity contribution in [2.24, 2.45) is 4.99 Å². The van der Waals surface area contributed by atoms with Gasteiger partial charge in [-0.3, -0.25) is 14.7 Å². The predicted octanol–water partition coefficient (Wildman–Crippen LogP) is 4.94. The molecule has 4 nitrogen and oxygen atoms in total. The van der Waals surface area contributed by atoms with E-state index < -0.39 is 0 Å². The summed E-state index contributed by atoms with van der Waals surface area (Å²) < 4.78 is 2.11. The molecule has 2 aromatic carbocycles. The molecule has 0 radical (unpaired) electrons. The van der Waals surface area contributed by atoms with Crippen LogP contribution in [-0.2, 0) is 4.79 Å². The molecule has 0 bridgehead atoms. The fraction of sp³-hybridized carbons (Fsp3) is 0.182. The highest BCUT2D eigenvalue weighted by Gasteiger charge is 2.32. The van der Waals surface area contributed by atoms with Gasteiger partial charge in [-0.05, 0) is 66.7 Å². The average Bonchev–Trinajstić information content (AvgIpc) is 3.26. The number of fused-ring (bicyclic) bond motifs is 1. The highest BCUT2D eigenvalue weighted by molar-refractivity contribution is 8.18. The van der Waals surface area contributed by atoms with Gasteiger partial charge in [-0.25, -0.2) is 0 Å². The number of nitrogens with zero attached hydrogens (tertiary/aromatic N) is 3. The zero-order valence-electron chi connectivity index (χ0n) is 15.4. The highest BCUT2D eigenvalue weighted by atomic mass is 32.2. The van der Waals surface area contributed by atoms with Crippen LogP contribution in [0.4, 0.5) is 0 Å². The van der Waals surface area contributed by atoms with Crippen molar-refractivity contribution in [1.82, 2.24) is 9.47 Å². The van der Waals surface area contributed by atoms with Gasteiger partial charge in [0.15, 0.2) is 5.17 Å². The Hall–Kier alpha value is -2.79. The monoisotopic (exact) mass is 375 g/mol. The topological polar surface area (TPSA) is 37.6 Å². The van der Waals surface area contributed by atoms with E-state index in [0.29, 0.717) is 18.0 Å². The molecule has 0 saturated carbocycles. The molecule has 1 aliphatic rings. The van der Waals surface area contributed by atoms with Gasteiger partial charge >= 0.3 is 0 Å². The summed E-state index contributed by atoms with van der Waals surface area (Å²) in [6.07, 6.45) is 3.99. The summed E-state index contributed by atoms with van der Waals surface area (Å²) in [7, 11) is 0. The van der Waals surface area contributed by atoms with Gasteiger partial charge in [-0.15, -0.1) is 0 Å². The standard InChI is InChI=1S/C22H21N3OS/c1-3-23-22-24(4-2)21(26)20(27-22)15-18-10-7-13-25(18)19-12-11-16-8-5-6-9-17(16)14-19/h5-15H,3-4H2,1-2H3/b20-15-,23-22?. The quantitative estimate of drug-likeness (QED) is 0.606. The van der Waals surface area contributed by atoms with Crippen LogP contribution in [0, 0.1) is 0 Å². The second kappa shape index (κ2) is 7.45. The summed E-state index contributed by atoms with van der Waals surface area (Å²) in [6, 6.07) is 18.8. The van der Waals surface area contributed by atoms with Crippen LogP contribution in [0.3, 0.4) is 0 Å². The largest absolute Gasteiger partial charge is 0.317 e. The summed E-state index contributed by atoms with van der Waals surface area (Å²) in [4.78, 5) is 19.6. The zero-order valence-corrected chi connectivity index (χ0v) is 16.2. The molecule has 0 spiro atoms. The smallest absolute Gasteiger partial charge is 0.266 e. The highest BCUT2D eigenvalue weighted by Crippen LogP contribution is 2.33. The van der Waals surface area contributed by atoms with Crippen LogP contribution in [-0.4, -0.2) is 33.6 Å². The lowest BCUT2D eigenvalue weighted by Gasteiger charge is -2.11. The van der Waals surface area contributed by atoms with E-state index in [9.17, 15) is 4.79 Å². The van der Waals surface area contributed by atoms with Crippen molar-refractivity contribution in [2.75, 3.05) is 13.1 Å². The third-order valence-electron chi connectivity index (χ3n) is 4.57. The van der Waals surface area contributed by atoms with Gasteiger partial charge in [-0.2, -0.15) is 0 Å². The molecule has 1 aromatic heterocycles. The summed E-state index contributed by atoms with van der Waals surface area (Å²) in [5, 5.41) is 3.21. The van der Waals surface area contributed by atoms with Crippen molar-refractivity contribution >= 4 is 39.7 Å². The summed E-state index contributed by atoms with van der Waals surface area (Å²) in [5.74, 6) is 0.0287. The molecule has 3 aromatic rings. The van der Waals surface area contributed by atoms with Gasteiger partial charge in [0.05, 0.1) is 4.91 Å². The van der Waals surface area contributed by atoms with E-state index in [1.165, 1.54) is 22.5 Å². The number of likely N-dealkylation sites (N-methyl/N-ethyl adjacent to an activating group) is 1. The maximum Gasteiger partial charge on any atom is 0.266 e. The number of aliphatic imine (C=N–C) groups is 1. The molecule has 2 heterocycles. The third-order valence-corrected chi connectivity index (χ3v) is 5.61. The Balaban J connectivity index is 1.72. The number of benzene rings is 2. The van der Waals surface area contributed by atoms with Crippen molar-refractivity contribution in [3.63, 3.8) is 0 Å². The molecule has 5 heteroatoms. The lowest BCUT2D eigenvalue weighted by molar-refractivity contribution is -0.122. The Morgan fingerprint density at radius 1 is 1.04 bits per heavy atom. The maximum atomic E-state index is 12.7. The second-order valence-electron chi connectivity index (χ2n) is 6.25. The first-order chi connectivity index (χ1) is 13.2. The molecular formula is C22H21N3OS. The molecule has 27 heavy (non-hydrogen) atoms. The van der Waals surface area contributed by atoms with Gasteiger partial charge in [0, 0.05) is 30.7 Å². The fourth-order valence-electron chi connectivity index (χ4n) is 3.25. The maximum absolute atomic E-state index is 12.7. The Morgan fingerprint density at radius 2 is 1.85 bits per heavy atom. The number of hydrogen-bond acceptors (Lipinski definition) is 3. The molecule has 0 aliphatic carbocycles. The van der Waals surface area contributed by atoms with Gasteiger partial charge in [0.1, 0.15) is 0 Å². The van der Waals surface area contributed by atoms with Crippen LogP contribution >= 0.6 is 11.8 Å². The van der Waals surface area contributed by atoms with Crippen LogP contribution in [0.15, 0.2) is 70.7 Å². The number of carbonyl (C=O) groups excluding carboxylic acids is 1. The average molecular weight is 375 g/mol. The molecule has 0 atom stereocenters.